The summed E-state index contributed by atoms with van der Waals surface area (Å²) in [6.07, 6.45) is 7.50. The van der Waals surface area contributed by atoms with Gasteiger partial charge in [0.25, 0.3) is 5.91 Å². The van der Waals surface area contributed by atoms with E-state index in [1.54, 1.807) is 30.8 Å². The Morgan fingerprint density at radius 2 is 2.00 bits per heavy atom. The first-order valence-electron chi connectivity index (χ1n) is 12.0. The van der Waals surface area contributed by atoms with E-state index in [2.05, 4.69) is 26.7 Å². The fourth-order valence-corrected chi connectivity index (χ4v) is 5.05. The lowest BCUT2D eigenvalue weighted by atomic mass is 9.89. The summed E-state index contributed by atoms with van der Waals surface area (Å²) >= 11 is 0. The molecule has 1 saturated heterocycles. The van der Waals surface area contributed by atoms with Crippen LogP contribution in [0.1, 0.15) is 34.9 Å². The molecule has 0 atom stereocenters. The maximum Gasteiger partial charge on any atom is 0.257 e. The molecule has 0 unspecified atom stereocenters. The average molecular weight is 478 g/mol. The number of methoxy groups -OCH3 is 1. The summed E-state index contributed by atoms with van der Waals surface area (Å²) in [6, 6.07) is 5.36. The Kier molecular flexibility index (Phi) is 5.42. The van der Waals surface area contributed by atoms with Crippen molar-refractivity contribution >= 4 is 33.8 Å². The molecule has 1 aliphatic carbocycles. The fourth-order valence-electron chi connectivity index (χ4n) is 5.05. The quantitative estimate of drug-likeness (QED) is 0.459. The van der Waals surface area contributed by atoms with Crippen LogP contribution in [-0.4, -0.2) is 64.5 Å². The smallest absolute Gasteiger partial charge is 0.257 e. The van der Waals surface area contributed by atoms with E-state index in [4.69, 9.17) is 9.84 Å². The van der Waals surface area contributed by atoms with E-state index in [0.29, 0.717) is 22.5 Å². The van der Waals surface area contributed by atoms with Gasteiger partial charge in [-0.1, -0.05) is 0 Å². The molecule has 0 bridgehead atoms. The van der Waals surface area contributed by atoms with Gasteiger partial charge in [0.1, 0.15) is 5.52 Å². The van der Waals surface area contributed by atoms with Crippen molar-refractivity contribution in [2.24, 2.45) is 0 Å². The van der Waals surface area contributed by atoms with Crippen LogP contribution in [0.15, 0.2) is 36.8 Å². The Balaban J connectivity index is 1.36. The van der Waals surface area contributed by atoms with Crippen LogP contribution in [0.3, 0.4) is 0 Å². The molecule has 35 heavy (non-hydrogen) atoms. The third kappa shape index (κ3) is 3.92. The summed E-state index contributed by atoms with van der Waals surface area (Å²) in [5.41, 5.74) is 3.49. The van der Waals surface area contributed by atoms with Gasteiger partial charge in [-0.25, -0.2) is 9.37 Å². The van der Waals surface area contributed by atoms with Gasteiger partial charge in [0.15, 0.2) is 11.5 Å². The normalized spacial score (nSPS) is 20.4. The van der Waals surface area contributed by atoms with Crippen molar-refractivity contribution in [1.82, 2.24) is 24.5 Å². The number of pyridine rings is 1. The number of nitrogens with one attached hydrogen (secondary N) is 2. The molecule has 1 aliphatic heterocycles. The van der Waals surface area contributed by atoms with Crippen LogP contribution in [0, 0.1) is 12.7 Å². The first-order valence-corrected chi connectivity index (χ1v) is 12.0. The van der Waals surface area contributed by atoms with Crippen molar-refractivity contribution in [3.05, 3.63) is 53.9 Å². The molecule has 0 spiro atoms. The monoisotopic (exact) mass is 477 g/mol. The zero-order valence-corrected chi connectivity index (χ0v) is 19.8. The minimum absolute atomic E-state index is 0.233. The highest BCUT2D eigenvalue weighted by Gasteiger charge is 2.32. The Bertz CT molecular complexity index is 1420. The number of piperazine rings is 1. The summed E-state index contributed by atoms with van der Waals surface area (Å²) in [7, 11) is 1.73. The highest BCUT2D eigenvalue weighted by molar-refractivity contribution is 6.13. The van der Waals surface area contributed by atoms with Gasteiger partial charge in [-0.3, -0.25) is 9.48 Å². The molecule has 2 N–H and O–H groups in total. The first-order chi connectivity index (χ1) is 17.0. The molecule has 1 saturated carbocycles. The van der Waals surface area contributed by atoms with E-state index in [1.165, 1.54) is 6.07 Å². The molecule has 1 amide bonds. The number of fused-ring (bicyclic) bond motifs is 2. The number of benzene rings is 1. The maximum atomic E-state index is 14.6. The van der Waals surface area contributed by atoms with Crippen molar-refractivity contribution in [2.75, 3.05) is 43.5 Å². The number of carbonyl (C=O) groups is 1. The molecule has 6 rings (SSSR count). The van der Waals surface area contributed by atoms with Crippen molar-refractivity contribution in [2.45, 2.75) is 31.9 Å². The predicted molar refractivity (Wildman–Crippen MR) is 132 cm³/mol. The van der Waals surface area contributed by atoms with Gasteiger partial charge in [-0.2, -0.15) is 5.10 Å². The van der Waals surface area contributed by atoms with E-state index >= 15 is 0 Å². The van der Waals surface area contributed by atoms with E-state index < -0.39 is 5.82 Å². The molecule has 9 nitrogen and oxygen atoms in total. The highest BCUT2D eigenvalue weighted by atomic mass is 19.1. The van der Waals surface area contributed by atoms with Crippen LogP contribution in [0.4, 0.5) is 15.8 Å². The molecule has 2 fully saturated rings. The number of rotatable bonds is 5. The predicted octanol–water partition coefficient (Wildman–Crippen LogP) is 3.14. The lowest BCUT2D eigenvalue weighted by molar-refractivity contribution is 0.00269. The van der Waals surface area contributed by atoms with Crippen LogP contribution in [0.5, 0.6) is 0 Å². The number of hydrogen-bond donors (Lipinski definition) is 2. The number of nitrogens with zero attached hydrogens (tertiary/aromatic N) is 5. The second kappa shape index (κ2) is 8.62. The van der Waals surface area contributed by atoms with Gasteiger partial charge in [-0.05, 0) is 31.9 Å². The Labute approximate surface area is 201 Å². The average Bonchev–Trinajstić information content (AvgIpc) is 3.42. The molecule has 10 heteroatoms. The minimum Gasteiger partial charge on any atom is -0.381 e. The summed E-state index contributed by atoms with van der Waals surface area (Å²) in [4.78, 5) is 19.9. The number of aryl methyl sites for hydroxylation is 1. The van der Waals surface area contributed by atoms with Gasteiger partial charge < -0.3 is 24.7 Å². The van der Waals surface area contributed by atoms with Gasteiger partial charge in [0, 0.05) is 69.0 Å². The van der Waals surface area contributed by atoms with Gasteiger partial charge in [0.05, 0.1) is 29.1 Å². The van der Waals surface area contributed by atoms with Crippen molar-refractivity contribution in [3.8, 4) is 0 Å². The van der Waals surface area contributed by atoms with Gasteiger partial charge >= 0.3 is 0 Å². The number of aromatic nitrogens is 4. The highest BCUT2D eigenvalue weighted by Crippen LogP contribution is 2.37. The van der Waals surface area contributed by atoms with Crippen LogP contribution in [-0.2, 0) is 4.74 Å². The molecule has 182 valence electrons. The lowest BCUT2D eigenvalue weighted by Gasteiger charge is -2.34. The molecule has 0 radical (unpaired) electrons. The second-order valence-corrected chi connectivity index (χ2v) is 9.37. The van der Waals surface area contributed by atoms with E-state index in [1.807, 2.05) is 16.8 Å². The molecule has 4 heterocycles. The number of ether oxygens (including phenoxy) is 1. The zero-order chi connectivity index (χ0) is 24.1. The van der Waals surface area contributed by atoms with Gasteiger partial charge in [0.2, 0.25) is 0 Å². The standard InChI is InChI=1S/C25H28FN7O2/c1-15-12-32-13-16(9-21(26)24(32)28-15)29-25(34)19-3-4-22(31-7-5-27-6-8-31)20-14-33(30-23(19)20)17-10-18(11-17)35-2/h3-4,9,12-14,17-18,27H,5-8,10-11H2,1-2H3,(H,29,34)/t17-,18+. The summed E-state index contributed by atoms with van der Waals surface area (Å²) in [5.74, 6) is -0.817. The van der Waals surface area contributed by atoms with Crippen molar-refractivity contribution < 1.29 is 13.9 Å². The number of halogens is 1. The van der Waals surface area contributed by atoms with Crippen LogP contribution < -0.4 is 15.5 Å². The lowest BCUT2D eigenvalue weighted by Crippen LogP contribution is -2.43. The molecular formula is C25H28FN7O2. The molecule has 3 aromatic heterocycles. The third-order valence-corrected chi connectivity index (χ3v) is 7.04. The SMILES string of the molecule is CO[C@H]1C[C@@H](n2cc3c(N4CCNCC4)ccc(C(=O)Nc4cc(F)c5nc(C)cn5c4)c3n2)C1. The molecule has 4 aromatic rings. The fraction of sp³-hybridized carbons (Fsp3) is 0.400. The van der Waals surface area contributed by atoms with Gasteiger partial charge in [-0.15, -0.1) is 0 Å². The minimum atomic E-state index is -0.489. The first kappa shape index (κ1) is 22.0. The Hall–Kier alpha value is -3.50. The van der Waals surface area contributed by atoms with Crippen molar-refractivity contribution in [3.63, 3.8) is 0 Å². The van der Waals surface area contributed by atoms with E-state index in [0.717, 1.165) is 50.1 Å². The summed E-state index contributed by atoms with van der Waals surface area (Å²) in [6.45, 7) is 5.42. The molecule has 1 aromatic carbocycles. The van der Waals surface area contributed by atoms with E-state index in [-0.39, 0.29) is 23.7 Å². The summed E-state index contributed by atoms with van der Waals surface area (Å²) < 4.78 is 23.6. The summed E-state index contributed by atoms with van der Waals surface area (Å²) in [5, 5.41) is 12.0. The van der Waals surface area contributed by atoms with Crippen LogP contribution in [0.25, 0.3) is 16.6 Å². The number of carbonyl (C=O) groups excluding carboxylic acids is 1. The second-order valence-electron chi connectivity index (χ2n) is 9.37. The number of imidazole rings is 1. The number of anilines is 2. The Morgan fingerprint density at radius 3 is 2.77 bits per heavy atom. The Morgan fingerprint density at radius 1 is 1.20 bits per heavy atom. The largest absolute Gasteiger partial charge is 0.381 e. The van der Waals surface area contributed by atoms with Crippen LogP contribution >= 0.6 is 0 Å². The number of amides is 1. The van der Waals surface area contributed by atoms with Crippen molar-refractivity contribution in [1.29, 1.82) is 0 Å². The zero-order valence-electron chi connectivity index (χ0n) is 19.8. The topological polar surface area (TPSA) is 88.7 Å². The molecular weight excluding hydrogens is 449 g/mol. The molecule has 2 aliphatic rings. The third-order valence-electron chi connectivity index (χ3n) is 7.04. The van der Waals surface area contributed by atoms with E-state index in [9.17, 15) is 9.18 Å². The maximum absolute atomic E-state index is 14.6. The number of hydrogen-bond acceptors (Lipinski definition) is 6. The van der Waals surface area contributed by atoms with Crippen LogP contribution in [0.2, 0.25) is 0 Å².